The molecule has 282 valence electrons. The molecule has 3 heterocycles. The number of carbonyl (C=O) groups excluding carboxylic acids is 1. The molecule has 4 aromatic rings. The summed E-state index contributed by atoms with van der Waals surface area (Å²) in [6.07, 6.45) is -4.36. The van der Waals surface area contributed by atoms with E-state index in [-0.39, 0.29) is 25.5 Å². The second kappa shape index (κ2) is 15.7. The minimum Gasteiger partial charge on any atom is -0.497 e. The van der Waals surface area contributed by atoms with Crippen LogP contribution in [0.15, 0.2) is 95.9 Å². The van der Waals surface area contributed by atoms with Gasteiger partial charge in [0, 0.05) is 6.20 Å². The zero-order valence-electron chi connectivity index (χ0n) is 29.5. The van der Waals surface area contributed by atoms with Crippen LogP contribution in [0.2, 0.25) is 0 Å². The normalized spacial score (nSPS) is 22.7. The zero-order chi connectivity index (χ0) is 37.8. The third-order valence-corrected chi connectivity index (χ3v) is 10.6. The molecule has 6 rings (SSSR count). The molecule has 1 N–H and O–H groups in total. The summed E-state index contributed by atoms with van der Waals surface area (Å²) in [5.74, 6) is -3.59. The largest absolute Gasteiger partial charge is 0.497 e. The number of alkyl halides is 2. The minimum absolute atomic E-state index is 0.0787. The van der Waals surface area contributed by atoms with E-state index in [0.717, 1.165) is 22.9 Å². The molecule has 0 amide bonds. The second-order valence-corrected chi connectivity index (χ2v) is 14.1. The molecule has 2 aliphatic rings. The fourth-order valence-corrected chi connectivity index (χ4v) is 7.73. The lowest BCUT2D eigenvalue weighted by molar-refractivity contribution is -0.148. The van der Waals surface area contributed by atoms with Gasteiger partial charge in [-0.1, -0.05) is 61.5 Å². The van der Waals surface area contributed by atoms with E-state index in [9.17, 15) is 14.2 Å². The molecule has 13 nitrogen and oxygen atoms in total. The van der Waals surface area contributed by atoms with E-state index >= 15 is 8.78 Å². The van der Waals surface area contributed by atoms with Crippen LogP contribution in [-0.4, -0.2) is 67.7 Å². The number of fused-ring (bicyclic) bond motifs is 1. The van der Waals surface area contributed by atoms with E-state index < -0.39 is 61.9 Å². The summed E-state index contributed by atoms with van der Waals surface area (Å²) >= 11 is 0. The number of nitrogens with one attached hydrogen (secondary N) is 1. The molecule has 3 aromatic carbocycles. The van der Waals surface area contributed by atoms with Crippen LogP contribution in [0.3, 0.4) is 0 Å². The first-order chi connectivity index (χ1) is 25.4. The van der Waals surface area contributed by atoms with Crippen molar-refractivity contribution in [3.8, 4) is 11.5 Å². The van der Waals surface area contributed by atoms with Gasteiger partial charge in [0.15, 0.2) is 6.10 Å². The average Bonchev–Trinajstić information content (AvgIpc) is 3.42. The molecule has 0 bridgehead atoms. The average molecular weight is 756 g/mol. The van der Waals surface area contributed by atoms with Gasteiger partial charge in [-0.3, -0.25) is 22.9 Å². The monoisotopic (exact) mass is 755 g/mol. The predicted molar refractivity (Wildman–Crippen MR) is 188 cm³/mol. The van der Waals surface area contributed by atoms with Crippen molar-refractivity contribution in [3.05, 3.63) is 118 Å². The number of hydrogen-bond donors (Lipinski definition) is 1. The Kier molecular flexibility index (Phi) is 11.3. The molecule has 0 spiro atoms. The highest BCUT2D eigenvalue weighted by molar-refractivity contribution is 7.48. The Labute approximate surface area is 304 Å². The lowest BCUT2D eigenvalue weighted by atomic mass is 9.77. The van der Waals surface area contributed by atoms with Gasteiger partial charge in [-0.2, -0.15) is 13.8 Å². The molecule has 2 fully saturated rings. The van der Waals surface area contributed by atoms with Gasteiger partial charge < -0.3 is 24.3 Å². The number of benzene rings is 3. The second-order valence-electron chi connectivity index (χ2n) is 12.4. The van der Waals surface area contributed by atoms with Crippen molar-refractivity contribution in [1.29, 1.82) is 0 Å². The number of nitrogens with zero attached hydrogens (tertiary/aromatic N) is 2. The lowest BCUT2D eigenvalue weighted by Gasteiger charge is -2.37. The van der Waals surface area contributed by atoms with Gasteiger partial charge in [-0.15, -0.1) is 0 Å². The highest BCUT2D eigenvalue weighted by atomic mass is 31.2. The van der Waals surface area contributed by atoms with Crippen molar-refractivity contribution >= 4 is 19.6 Å². The van der Waals surface area contributed by atoms with Gasteiger partial charge in [-0.05, 0) is 60.4 Å². The Hall–Kier alpha value is -4.66. The van der Waals surface area contributed by atoms with Crippen molar-refractivity contribution in [2.24, 2.45) is 5.92 Å². The van der Waals surface area contributed by atoms with E-state index in [1.165, 1.54) is 6.07 Å². The molecule has 2 aliphatic heterocycles. The third kappa shape index (κ3) is 7.71. The van der Waals surface area contributed by atoms with Crippen LogP contribution in [0.25, 0.3) is 0 Å². The molecule has 0 aliphatic carbocycles. The van der Waals surface area contributed by atoms with Crippen molar-refractivity contribution in [1.82, 2.24) is 9.55 Å². The SMILES string of the molecule is CCOC(=O)[C@H](C)CCOP1(=O)OC[C@H]2O[C@@H](n3ccc(NC(c4ccccc4)(c4ccc(OC)cc4)c4ccc(OC)cc4)nc3=O)C(F)(F)[C@@H]2O1. The van der Waals surface area contributed by atoms with Crippen LogP contribution in [0, 0.1) is 5.92 Å². The number of halogens is 2. The lowest BCUT2D eigenvalue weighted by Crippen LogP contribution is -2.45. The number of phosphoric ester groups is 1. The van der Waals surface area contributed by atoms with Gasteiger partial charge in [0.1, 0.15) is 29.0 Å². The summed E-state index contributed by atoms with van der Waals surface area (Å²) < 4.78 is 82.8. The zero-order valence-corrected chi connectivity index (χ0v) is 30.4. The molecule has 0 saturated carbocycles. The van der Waals surface area contributed by atoms with E-state index in [0.29, 0.717) is 16.1 Å². The smallest absolute Gasteiger partial charge is 0.475 e. The van der Waals surface area contributed by atoms with E-state index in [1.807, 2.05) is 78.9 Å². The van der Waals surface area contributed by atoms with Crippen LogP contribution in [0.5, 0.6) is 11.5 Å². The number of carbonyl (C=O) groups is 1. The van der Waals surface area contributed by atoms with Crippen LogP contribution in [-0.2, 0) is 37.9 Å². The third-order valence-electron chi connectivity index (χ3n) is 9.13. The molecule has 1 unspecified atom stereocenters. The predicted octanol–water partition coefficient (Wildman–Crippen LogP) is 6.33. The molecule has 5 atom stereocenters. The maximum absolute atomic E-state index is 16.0. The Balaban J connectivity index is 1.28. The summed E-state index contributed by atoms with van der Waals surface area (Å²) in [6.45, 7) is 2.61. The molecule has 2 saturated heterocycles. The standard InChI is InChI=1S/C37H40F2N3O10P/c1-5-48-33(43)24(2)20-22-49-53(45)50-23-30-32(52-53)37(38,39)34(51-30)42-21-19-31(40-35(42)44)41-36(25-9-7-6-8-10-25,26-11-15-28(46-3)16-12-26)27-13-17-29(47-4)18-14-27/h6-19,21,24,30,32,34H,5,20,22-23H2,1-4H3,(H,40,41,44)/t24-,30-,32-,34-,53?/m1/s1. The maximum atomic E-state index is 16.0. The fourth-order valence-electron chi connectivity index (χ4n) is 6.32. The summed E-state index contributed by atoms with van der Waals surface area (Å²) in [6, 6.07) is 25.6. The van der Waals surface area contributed by atoms with Gasteiger partial charge in [0.2, 0.25) is 6.23 Å². The number of anilines is 1. The Morgan fingerprint density at radius 3 is 2.17 bits per heavy atom. The van der Waals surface area contributed by atoms with Gasteiger partial charge in [0.05, 0.1) is 40.0 Å². The van der Waals surface area contributed by atoms with Crippen LogP contribution in [0.1, 0.15) is 43.2 Å². The topological polar surface area (TPSA) is 146 Å². The van der Waals surface area contributed by atoms with Crippen molar-refractivity contribution < 1.29 is 50.7 Å². The highest BCUT2D eigenvalue weighted by Gasteiger charge is 2.65. The van der Waals surface area contributed by atoms with Gasteiger partial charge >= 0.3 is 25.4 Å². The van der Waals surface area contributed by atoms with E-state index in [2.05, 4.69) is 10.3 Å². The Morgan fingerprint density at radius 1 is 1.00 bits per heavy atom. The number of methoxy groups -OCH3 is 2. The molecular weight excluding hydrogens is 715 g/mol. The maximum Gasteiger partial charge on any atom is 0.475 e. The first-order valence-electron chi connectivity index (χ1n) is 16.9. The Bertz CT molecular complexity index is 1930. The minimum atomic E-state index is -4.47. The van der Waals surface area contributed by atoms with Crippen LogP contribution in [0.4, 0.5) is 14.6 Å². The highest BCUT2D eigenvalue weighted by Crippen LogP contribution is 2.60. The number of aromatic nitrogens is 2. The number of rotatable bonds is 14. The Morgan fingerprint density at radius 2 is 1.60 bits per heavy atom. The van der Waals surface area contributed by atoms with Gasteiger partial charge in [-0.25, -0.2) is 9.36 Å². The first kappa shape index (κ1) is 38.1. The van der Waals surface area contributed by atoms with Crippen molar-refractivity contribution in [2.45, 2.75) is 50.2 Å². The van der Waals surface area contributed by atoms with Crippen molar-refractivity contribution in [3.63, 3.8) is 0 Å². The van der Waals surface area contributed by atoms with Crippen LogP contribution >= 0.6 is 7.82 Å². The summed E-state index contributed by atoms with van der Waals surface area (Å²) in [4.78, 5) is 29.7. The van der Waals surface area contributed by atoms with E-state index in [4.69, 9.17) is 32.5 Å². The molecule has 1 aromatic heterocycles. The quantitative estimate of drug-likeness (QED) is 0.0873. The first-order valence-corrected chi connectivity index (χ1v) is 18.4. The summed E-state index contributed by atoms with van der Waals surface area (Å²) in [7, 11) is -1.34. The summed E-state index contributed by atoms with van der Waals surface area (Å²) in [5.41, 5.74) is 0.117. The number of hydrogen-bond acceptors (Lipinski definition) is 12. The number of ether oxygens (including phenoxy) is 4. The summed E-state index contributed by atoms with van der Waals surface area (Å²) in [5, 5.41) is 3.44. The van der Waals surface area contributed by atoms with Crippen molar-refractivity contribution in [2.75, 3.05) is 39.4 Å². The number of esters is 1. The van der Waals surface area contributed by atoms with Gasteiger partial charge in [0.25, 0.3) is 0 Å². The van der Waals surface area contributed by atoms with E-state index in [1.54, 1.807) is 28.1 Å². The number of phosphoric acid groups is 1. The molecule has 16 heteroatoms. The molecule has 0 radical (unpaired) electrons. The molecule has 53 heavy (non-hydrogen) atoms. The molecular formula is C37H40F2N3O10P. The van der Waals surface area contributed by atoms with Crippen LogP contribution < -0.4 is 20.5 Å². The fraction of sp³-hybridized carbons (Fsp3) is 0.378.